The van der Waals surface area contributed by atoms with Crippen molar-refractivity contribution in [3.63, 3.8) is 0 Å². The molecule has 0 N–H and O–H groups in total. The number of esters is 1. The van der Waals surface area contributed by atoms with Gasteiger partial charge in [-0.25, -0.2) is 14.2 Å². The van der Waals surface area contributed by atoms with Crippen molar-refractivity contribution in [2.24, 2.45) is 4.99 Å². The van der Waals surface area contributed by atoms with Gasteiger partial charge < -0.3 is 14.2 Å². The number of cyclic esters (lactones) is 1. The number of nitrogens with zero attached hydrogens (tertiary/aromatic N) is 1. The van der Waals surface area contributed by atoms with Gasteiger partial charge in [0.2, 0.25) is 5.90 Å². The van der Waals surface area contributed by atoms with Gasteiger partial charge in [0.05, 0.1) is 16.2 Å². The maximum atomic E-state index is 14.0. The molecular formula is C25H19FINO4. The van der Waals surface area contributed by atoms with E-state index in [9.17, 15) is 9.18 Å². The van der Waals surface area contributed by atoms with E-state index in [1.54, 1.807) is 31.4 Å². The number of ether oxygens (including phenoxy) is 3. The van der Waals surface area contributed by atoms with Crippen LogP contribution in [0.15, 0.2) is 71.4 Å². The second-order valence-corrected chi connectivity index (χ2v) is 8.29. The third kappa shape index (κ3) is 4.83. The number of methoxy groups -OCH3 is 1. The van der Waals surface area contributed by atoms with Gasteiger partial charge in [0, 0.05) is 0 Å². The molecule has 32 heavy (non-hydrogen) atoms. The van der Waals surface area contributed by atoms with E-state index < -0.39 is 11.8 Å². The summed E-state index contributed by atoms with van der Waals surface area (Å²) in [5.74, 6) is -0.0662. The Morgan fingerprint density at radius 1 is 1.12 bits per heavy atom. The van der Waals surface area contributed by atoms with Gasteiger partial charge in [-0.3, -0.25) is 0 Å². The summed E-state index contributed by atoms with van der Waals surface area (Å²) in [6.07, 6.45) is 1.57. The average molecular weight is 543 g/mol. The molecular weight excluding hydrogens is 524 g/mol. The monoisotopic (exact) mass is 543 g/mol. The second-order valence-electron chi connectivity index (χ2n) is 7.12. The number of carbonyl (C=O) groups is 1. The molecule has 4 rings (SSSR count). The normalized spacial score (nSPS) is 14.3. The lowest BCUT2D eigenvalue weighted by atomic mass is 10.1. The molecule has 1 aliphatic heterocycles. The lowest BCUT2D eigenvalue weighted by molar-refractivity contribution is -0.129. The van der Waals surface area contributed by atoms with Crippen LogP contribution in [0.25, 0.3) is 6.08 Å². The lowest BCUT2D eigenvalue weighted by Gasteiger charge is -2.14. The average Bonchev–Trinajstić information content (AvgIpc) is 3.14. The largest absolute Gasteiger partial charge is 0.493 e. The summed E-state index contributed by atoms with van der Waals surface area (Å²) in [6, 6.07) is 17.7. The van der Waals surface area contributed by atoms with Crippen molar-refractivity contribution >= 4 is 40.5 Å². The summed E-state index contributed by atoms with van der Waals surface area (Å²) in [6.45, 7) is 2.43. The Hall–Kier alpha value is -3.20. The molecule has 7 heteroatoms. The minimum Gasteiger partial charge on any atom is -0.493 e. The molecule has 3 aromatic rings. The Balaban J connectivity index is 1.59. The molecule has 0 bridgehead atoms. The Morgan fingerprint density at radius 2 is 1.88 bits per heavy atom. The zero-order chi connectivity index (χ0) is 22.7. The van der Waals surface area contributed by atoms with Crippen molar-refractivity contribution in [3.05, 3.63) is 98.0 Å². The van der Waals surface area contributed by atoms with E-state index in [1.165, 1.54) is 17.7 Å². The van der Waals surface area contributed by atoms with Gasteiger partial charge in [-0.2, -0.15) is 0 Å². The van der Waals surface area contributed by atoms with E-state index >= 15 is 0 Å². The van der Waals surface area contributed by atoms with Gasteiger partial charge >= 0.3 is 5.97 Å². The molecule has 1 heterocycles. The molecule has 0 radical (unpaired) electrons. The first-order chi connectivity index (χ1) is 15.4. The van der Waals surface area contributed by atoms with E-state index in [0.717, 1.165) is 9.13 Å². The summed E-state index contributed by atoms with van der Waals surface area (Å²) < 4.78 is 31.5. The summed E-state index contributed by atoms with van der Waals surface area (Å²) in [4.78, 5) is 16.5. The fourth-order valence-electron chi connectivity index (χ4n) is 3.12. The molecule has 0 spiro atoms. The number of aryl methyl sites for hydroxylation is 1. The van der Waals surface area contributed by atoms with Crippen molar-refractivity contribution in [2.75, 3.05) is 7.11 Å². The van der Waals surface area contributed by atoms with Gasteiger partial charge in [0.25, 0.3) is 0 Å². The van der Waals surface area contributed by atoms with Crippen LogP contribution in [-0.2, 0) is 16.1 Å². The molecule has 0 amide bonds. The van der Waals surface area contributed by atoms with Crippen LogP contribution in [-0.4, -0.2) is 19.0 Å². The first-order valence-corrected chi connectivity index (χ1v) is 10.9. The summed E-state index contributed by atoms with van der Waals surface area (Å²) in [5.41, 5.74) is 3.12. The number of carbonyl (C=O) groups excluding carboxylic acids is 1. The van der Waals surface area contributed by atoms with Gasteiger partial charge in [-0.15, -0.1) is 0 Å². The number of hydrogen-bond donors (Lipinski definition) is 0. The Kier molecular flexibility index (Phi) is 6.55. The van der Waals surface area contributed by atoms with E-state index in [1.807, 2.05) is 37.3 Å². The Morgan fingerprint density at radius 3 is 2.59 bits per heavy atom. The summed E-state index contributed by atoms with van der Waals surface area (Å²) in [7, 11) is 1.55. The molecule has 0 saturated carbocycles. The SMILES string of the molecule is COc1cc(/C=C2\N=C(c3ccccc3F)OC2=O)cc(I)c1OCc1ccc(C)cc1. The third-order valence-corrected chi connectivity index (χ3v) is 5.58. The van der Waals surface area contributed by atoms with E-state index in [2.05, 4.69) is 27.6 Å². The summed E-state index contributed by atoms with van der Waals surface area (Å²) >= 11 is 2.16. The highest BCUT2D eigenvalue weighted by Crippen LogP contribution is 2.35. The first kappa shape index (κ1) is 22.0. The van der Waals surface area contributed by atoms with Gasteiger partial charge in [0.15, 0.2) is 17.2 Å². The van der Waals surface area contributed by atoms with Gasteiger partial charge in [-0.05, 0) is 71.0 Å². The number of rotatable bonds is 6. The Bertz CT molecular complexity index is 1240. The second kappa shape index (κ2) is 9.52. The zero-order valence-electron chi connectivity index (χ0n) is 17.4. The highest BCUT2D eigenvalue weighted by Gasteiger charge is 2.26. The number of halogens is 2. The van der Waals surface area contributed by atoms with Crippen LogP contribution in [0.5, 0.6) is 11.5 Å². The summed E-state index contributed by atoms with van der Waals surface area (Å²) in [5, 5.41) is 0. The maximum Gasteiger partial charge on any atom is 0.363 e. The molecule has 1 aliphatic rings. The van der Waals surface area contributed by atoms with Crippen LogP contribution in [0.1, 0.15) is 22.3 Å². The molecule has 3 aromatic carbocycles. The van der Waals surface area contributed by atoms with Crippen LogP contribution in [0.4, 0.5) is 4.39 Å². The minimum atomic E-state index is -0.642. The topological polar surface area (TPSA) is 57.1 Å². The molecule has 0 aliphatic carbocycles. The van der Waals surface area contributed by atoms with Crippen LogP contribution in [0.2, 0.25) is 0 Å². The molecule has 0 fully saturated rings. The molecule has 5 nitrogen and oxygen atoms in total. The number of hydrogen-bond acceptors (Lipinski definition) is 5. The zero-order valence-corrected chi connectivity index (χ0v) is 19.6. The quantitative estimate of drug-likeness (QED) is 0.229. The first-order valence-electron chi connectivity index (χ1n) is 9.78. The smallest absolute Gasteiger partial charge is 0.363 e. The van der Waals surface area contributed by atoms with Crippen LogP contribution >= 0.6 is 22.6 Å². The number of aliphatic imine (C=N–C) groups is 1. The fraction of sp³-hybridized carbons (Fsp3) is 0.120. The standard InChI is InChI=1S/C25H19FINO4/c1-15-7-9-16(10-8-15)14-31-23-20(27)11-17(13-22(23)30-2)12-21-25(29)32-24(28-21)18-5-3-4-6-19(18)26/h3-13H,14H2,1-2H3/b21-12-. The molecule has 0 atom stereocenters. The highest BCUT2D eigenvalue weighted by atomic mass is 127. The predicted octanol–water partition coefficient (Wildman–Crippen LogP) is 5.67. The van der Waals surface area contributed by atoms with Crippen molar-refractivity contribution < 1.29 is 23.4 Å². The van der Waals surface area contributed by atoms with E-state index in [4.69, 9.17) is 14.2 Å². The predicted molar refractivity (Wildman–Crippen MR) is 128 cm³/mol. The fourth-order valence-corrected chi connectivity index (χ4v) is 3.90. The van der Waals surface area contributed by atoms with Crippen molar-refractivity contribution in [1.29, 1.82) is 0 Å². The molecule has 0 saturated heterocycles. The lowest BCUT2D eigenvalue weighted by Crippen LogP contribution is -2.07. The molecule has 162 valence electrons. The highest BCUT2D eigenvalue weighted by molar-refractivity contribution is 14.1. The molecule has 0 aromatic heterocycles. The maximum absolute atomic E-state index is 14.0. The van der Waals surface area contributed by atoms with Gasteiger partial charge in [0.1, 0.15) is 12.4 Å². The molecule has 0 unspecified atom stereocenters. The van der Waals surface area contributed by atoms with Crippen LogP contribution in [0.3, 0.4) is 0 Å². The Labute approximate surface area is 198 Å². The van der Waals surface area contributed by atoms with Gasteiger partial charge in [-0.1, -0.05) is 42.0 Å². The minimum absolute atomic E-state index is 0.0564. The number of benzene rings is 3. The van der Waals surface area contributed by atoms with E-state index in [-0.39, 0.29) is 17.2 Å². The third-order valence-electron chi connectivity index (χ3n) is 4.78. The van der Waals surface area contributed by atoms with E-state index in [0.29, 0.717) is 23.7 Å². The van der Waals surface area contributed by atoms with Crippen LogP contribution < -0.4 is 9.47 Å². The van der Waals surface area contributed by atoms with Crippen molar-refractivity contribution in [2.45, 2.75) is 13.5 Å². The van der Waals surface area contributed by atoms with Crippen molar-refractivity contribution in [1.82, 2.24) is 0 Å². The van der Waals surface area contributed by atoms with Crippen molar-refractivity contribution in [3.8, 4) is 11.5 Å². The van der Waals surface area contributed by atoms with Crippen LogP contribution in [0, 0.1) is 16.3 Å².